The third-order valence-corrected chi connectivity index (χ3v) is 13.6. The van der Waals surface area contributed by atoms with Crippen molar-refractivity contribution < 1.29 is 57.8 Å². The highest BCUT2D eigenvalue weighted by molar-refractivity contribution is 8.76. The fourth-order valence-corrected chi connectivity index (χ4v) is 9.75. The first-order valence-corrected chi connectivity index (χ1v) is 25.6. The van der Waals surface area contributed by atoms with E-state index < -0.39 is 114 Å². The van der Waals surface area contributed by atoms with Crippen LogP contribution in [0.4, 0.5) is 0 Å². The summed E-state index contributed by atoms with van der Waals surface area (Å²) in [6, 6.07) is -1.28. The molecule has 2 aliphatic heterocycles. The summed E-state index contributed by atoms with van der Waals surface area (Å²) >= 11 is 0.967. The number of amides is 9. The number of unbranched alkanes of at least 4 members (excludes halogenated alkanes) is 1. The van der Waals surface area contributed by atoms with Gasteiger partial charge < -0.3 is 74.9 Å². The summed E-state index contributed by atoms with van der Waals surface area (Å²) in [5.41, 5.74) is 17.2. The second-order valence-corrected chi connectivity index (χ2v) is 19.2. The molecule has 0 saturated carbocycles. The molecular weight excluding hydrogens is 963 g/mol. The van der Waals surface area contributed by atoms with Crippen LogP contribution in [0.25, 0.3) is 0 Å². The average molecular weight is 1030 g/mol. The first-order valence-electron chi connectivity index (χ1n) is 22.0. The zero-order valence-electron chi connectivity index (χ0n) is 38.1. The van der Waals surface area contributed by atoms with Gasteiger partial charge in [0.15, 0.2) is 5.96 Å². The number of benzene rings is 1. The van der Waals surface area contributed by atoms with Crippen LogP contribution in [0.15, 0.2) is 35.3 Å². The zero-order valence-corrected chi connectivity index (χ0v) is 40.5. The van der Waals surface area contributed by atoms with Crippen molar-refractivity contribution >= 4 is 98.4 Å². The Hall–Kier alpha value is -5.84. The van der Waals surface area contributed by atoms with Crippen LogP contribution in [0.5, 0.6) is 0 Å². The molecule has 1 aromatic carbocycles. The van der Waals surface area contributed by atoms with E-state index in [1.807, 2.05) is 0 Å². The van der Waals surface area contributed by atoms with Crippen LogP contribution in [0.1, 0.15) is 44.1 Å². The number of aliphatic imine (C=N–C) groups is 1. The van der Waals surface area contributed by atoms with Crippen LogP contribution in [0.2, 0.25) is 0 Å². The molecule has 16 N–H and O–H groups in total. The van der Waals surface area contributed by atoms with Crippen LogP contribution in [-0.4, -0.2) is 175 Å². The molecule has 0 radical (unpaired) electrons. The number of ether oxygens (including phenoxy) is 1. The number of nitrogens with two attached hydrogens (primary N) is 3. The number of rotatable bonds is 16. The lowest BCUT2D eigenvalue weighted by Gasteiger charge is -2.27. The highest BCUT2D eigenvalue weighted by Gasteiger charge is 2.35. The average Bonchev–Trinajstić information content (AvgIpc) is 3.30. The van der Waals surface area contributed by atoms with Crippen molar-refractivity contribution in [2.45, 2.75) is 87.2 Å². The molecule has 0 unspecified atom stereocenters. The molecule has 2 bridgehead atoms. The second kappa shape index (κ2) is 31.3. The standard InChI is InChI=1S/C41H63N13O12S3/c1-66-15-14-45-35(60)28-19-67-22-32(56)48-25(10-5-6-12-42)36(61)53-29-20-68-69-21-30(40(65)51-26(37(62)52-28)16-23-8-3-2-4-9-23)54-38(63)27(17-33(57)58)49-31(55)18-47-34(59)24(50-39(29)64)11-7-13-46-41(43)44/h2-4,8-9,24-30H,5-7,10-22,42H2,1H3,(H,45,60)(H,47,59)(H,48,56)(H,49,55)(H,50,64)(H,51,65)(H,52,62)(H,53,61)(H,54,63)(H,57,58)(H4,43,44,46)/t24-,25-,26-,27-,28-,29-,30-/m0/s1. The number of hydrogen-bond donors (Lipinski definition) is 13. The van der Waals surface area contributed by atoms with E-state index in [0.29, 0.717) is 18.4 Å². The molecule has 28 heteroatoms. The van der Waals surface area contributed by atoms with E-state index in [2.05, 4.69) is 52.8 Å². The quantitative estimate of drug-likeness (QED) is 0.0320. The second-order valence-electron chi connectivity index (χ2n) is 15.7. The Morgan fingerprint density at radius 3 is 1.94 bits per heavy atom. The number of thioether (sulfide) groups is 1. The molecule has 2 saturated heterocycles. The molecule has 1 aromatic rings. The number of guanidine groups is 1. The predicted octanol–water partition coefficient (Wildman–Crippen LogP) is -4.70. The summed E-state index contributed by atoms with van der Waals surface area (Å²) in [4.78, 5) is 140. The van der Waals surface area contributed by atoms with E-state index in [1.54, 1.807) is 30.3 Å². The minimum absolute atomic E-state index is 0.0538. The van der Waals surface area contributed by atoms with Crippen molar-refractivity contribution in [3.8, 4) is 0 Å². The highest BCUT2D eigenvalue weighted by Crippen LogP contribution is 2.24. The van der Waals surface area contributed by atoms with Crippen molar-refractivity contribution in [1.82, 2.24) is 47.9 Å². The Bertz CT molecular complexity index is 1970. The number of carbonyl (C=O) groups excluding carboxylic acids is 9. The number of fused-ring (bicyclic) bond motifs is 5. The fraction of sp³-hybridized carbons (Fsp3) is 0.585. The van der Waals surface area contributed by atoms with Gasteiger partial charge in [0.05, 0.1) is 25.3 Å². The maximum Gasteiger partial charge on any atom is 0.305 e. The van der Waals surface area contributed by atoms with Gasteiger partial charge in [0, 0.05) is 43.9 Å². The molecule has 2 heterocycles. The largest absolute Gasteiger partial charge is 0.481 e. The molecule has 9 amide bonds. The van der Waals surface area contributed by atoms with Gasteiger partial charge in [-0.15, -0.1) is 11.8 Å². The van der Waals surface area contributed by atoms with E-state index in [9.17, 15) is 53.1 Å². The van der Waals surface area contributed by atoms with Gasteiger partial charge in [-0.25, -0.2) is 0 Å². The molecule has 2 aliphatic rings. The number of hydrogen-bond acceptors (Lipinski definition) is 16. The number of nitrogens with one attached hydrogen (secondary N) is 9. The number of nitrogens with zero attached hydrogens (tertiary/aromatic N) is 1. The van der Waals surface area contributed by atoms with Gasteiger partial charge in [-0.2, -0.15) is 0 Å². The van der Waals surface area contributed by atoms with Crippen molar-refractivity contribution in [3.63, 3.8) is 0 Å². The smallest absolute Gasteiger partial charge is 0.305 e. The number of carboxylic acid groups (broad SMARTS) is 1. The lowest BCUT2D eigenvalue weighted by Crippen LogP contribution is -2.60. The number of carboxylic acids is 1. The van der Waals surface area contributed by atoms with Crippen LogP contribution in [-0.2, 0) is 59.1 Å². The Morgan fingerprint density at radius 1 is 0.725 bits per heavy atom. The third-order valence-electron chi connectivity index (χ3n) is 10.1. The molecule has 25 nitrogen and oxygen atoms in total. The van der Waals surface area contributed by atoms with Crippen LogP contribution in [0, 0.1) is 0 Å². The normalized spacial score (nSPS) is 24.2. The fourth-order valence-electron chi connectivity index (χ4n) is 6.56. The molecular formula is C41H63N13O12S3. The molecule has 0 aliphatic carbocycles. The minimum atomic E-state index is -1.76. The topological polar surface area (TPSA) is 399 Å². The van der Waals surface area contributed by atoms with E-state index in [0.717, 1.165) is 33.3 Å². The SMILES string of the molecule is COCCNC(=O)[C@@H]1CSCC(=O)N[C@@H](CCCCN)C(=O)N[C@H]2CSSC[C@H](NC(=O)[C@H](CC(=O)O)NC(=O)CNC(=O)[C@H](CCCN=C(N)N)NC2=O)C(=O)N[C@@H](Cc2ccccc2)C(=O)N1. The van der Waals surface area contributed by atoms with E-state index >= 15 is 0 Å². The molecule has 69 heavy (non-hydrogen) atoms. The molecule has 7 atom stereocenters. The molecule has 3 rings (SSSR count). The number of methoxy groups -OCH3 is 1. The molecule has 2 fully saturated rings. The number of carbonyl (C=O) groups is 10. The number of aliphatic carboxylic acids is 1. The Morgan fingerprint density at radius 2 is 1.32 bits per heavy atom. The lowest BCUT2D eigenvalue weighted by molar-refractivity contribution is -0.141. The monoisotopic (exact) mass is 1030 g/mol. The highest BCUT2D eigenvalue weighted by atomic mass is 33.1. The van der Waals surface area contributed by atoms with Crippen molar-refractivity contribution in [3.05, 3.63) is 35.9 Å². The first kappa shape index (κ1) is 57.5. The van der Waals surface area contributed by atoms with Gasteiger partial charge in [0.25, 0.3) is 0 Å². The molecule has 382 valence electrons. The summed E-state index contributed by atoms with van der Waals surface area (Å²) in [7, 11) is 3.36. The van der Waals surface area contributed by atoms with Crippen LogP contribution < -0.4 is 65.1 Å². The maximum absolute atomic E-state index is 14.3. The summed E-state index contributed by atoms with van der Waals surface area (Å²) in [5.74, 6) is -10.2. The summed E-state index contributed by atoms with van der Waals surface area (Å²) < 4.78 is 5.04. The van der Waals surface area contributed by atoms with Gasteiger partial charge in [-0.05, 0) is 44.2 Å². The van der Waals surface area contributed by atoms with E-state index in [4.69, 9.17) is 21.9 Å². The van der Waals surface area contributed by atoms with Crippen LogP contribution >= 0.6 is 33.3 Å². The van der Waals surface area contributed by atoms with Crippen molar-refractivity contribution in [2.24, 2.45) is 22.2 Å². The predicted molar refractivity (Wildman–Crippen MR) is 259 cm³/mol. The van der Waals surface area contributed by atoms with Gasteiger partial charge in [0.2, 0.25) is 53.2 Å². The third kappa shape index (κ3) is 22.0. The van der Waals surface area contributed by atoms with Gasteiger partial charge in [-0.3, -0.25) is 52.9 Å². The van der Waals surface area contributed by atoms with E-state index in [-0.39, 0.29) is 80.9 Å². The molecule has 0 aromatic heterocycles. The summed E-state index contributed by atoms with van der Waals surface area (Å²) in [5, 5.41) is 32.8. The molecule has 0 spiro atoms. The lowest BCUT2D eigenvalue weighted by atomic mass is 10.0. The summed E-state index contributed by atoms with van der Waals surface area (Å²) in [6.07, 6.45) is 0.0589. The van der Waals surface area contributed by atoms with Gasteiger partial charge in [-0.1, -0.05) is 51.9 Å². The van der Waals surface area contributed by atoms with Gasteiger partial charge in [0.1, 0.15) is 42.3 Å². The Labute approximate surface area is 410 Å². The Balaban J connectivity index is 2.16. The van der Waals surface area contributed by atoms with Crippen LogP contribution in [0.3, 0.4) is 0 Å². The van der Waals surface area contributed by atoms with E-state index in [1.165, 1.54) is 7.11 Å². The van der Waals surface area contributed by atoms with Gasteiger partial charge >= 0.3 is 5.97 Å². The maximum atomic E-state index is 14.3. The van der Waals surface area contributed by atoms with Crippen molar-refractivity contribution in [1.29, 1.82) is 0 Å². The zero-order chi connectivity index (χ0) is 50.7. The first-order chi connectivity index (χ1) is 33.0. The Kier molecular flexibility index (Phi) is 26.1. The minimum Gasteiger partial charge on any atom is -0.481 e. The summed E-state index contributed by atoms with van der Waals surface area (Å²) in [6.45, 7) is -0.234. The van der Waals surface area contributed by atoms with Crippen molar-refractivity contribution in [2.75, 3.05) is 62.9 Å².